The van der Waals surface area contributed by atoms with Crippen molar-refractivity contribution in [2.45, 2.75) is 19.9 Å². The monoisotopic (exact) mass is 389 g/mol. The number of ether oxygens (including phenoxy) is 3. The molecule has 0 saturated carbocycles. The lowest BCUT2D eigenvalue weighted by atomic mass is 10.2. The summed E-state index contributed by atoms with van der Waals surface area (Å²) in [7, 11) is 0. The summed E-state index contributed by atoms with van der Waals surface area (Å²) in [6.07, 6.45) is 0.322. The highest BCUT2D eigenvalue weighted by atomic mass is 32.1. The molecular formula is C18H19N3O5S. The van der Waals surface area contributed by atoms with Gasteiger partial charge < -0.3 is 19.1 Å². The molecule has 8 nitrogen and oxygen atoms in total. The minimum atomic E-state index is -0.321. The number of anilines is 1. The molecule has 3 heterocycles. The fraction of sp³-hybridized carbons (Fsp3) is 0.389. The zero-order valence-corrected chi connectivity index (χ0v) is 15.6. The maximum Gasteiger partial charge on any atom is 0.410 e. The van der Waals surface area contributed by atoms with E-state index in [-0.39, 0.29) is 12.0 Å². The van der Waals surface area contributed by atoms with Crippen LogP contribution >= 0.6 is 11.3 Å². The molecule has 2 amide bonds. The summed E-state index contributed by atoms with van der Waals surface area (Å²) in [5.74, 6) is 0.944. The van der Waals surface area contributed by atoms with E-state index >= 15 is 0 Å². The SMILES string of the molecule is CCOC(=O)N1CCc2nc(NC(=O)c3ccc4c(c3)OCCO4)sc2C1. The molecule has 4 rings (SSSR count). The van der Waals surface area contributed by atoms with Crippen LogP contribution in [-0.2, 0) is 17.7 Å². The molecule has 1 aromatic carbocycles. The summed E-state index contributed by atoms with van der Waals surface area (Å²) in [4.78, 5) is 31.5. The van der Waals surface area contributed by atoms with Crippen molar-refractivity contribution in [3.63, 3.8) is 0 Å². The van der Waals surface area contributed by atoms with E-state index in [0.29, 0.717) is 61.5 Å². The minimum absolute atomic E-state index is 0.264. The number of amides is 2. The highest BCUT2D eigenvalue weighted by Crippen LogP contribution is 2.32. The van der Waals surface area contributed by atoms with Gasteiger partial charge in [-0.05, 0) is 25.1 Å². The molecule has 0 saturated heterocycles. The Kier molecular flexibility index (Phi) is 4.85. The first kappa shape index (κ1) is 17.6. The number of aromatic nitrogens is 1. The van der Waals surface area contributed by atoms with Crippen LogP contribution in [0.15, 0.2) is 18.2 Å². The molecule has 2 aliphatic heterocycles. The van der Waals surface area contributed by atoms with E-state index in [1.54, 1.807) is 30.0 Å². The fourth-order valence-electron chi connectivity index (χ4n) is 2.97. The standard InChI is InChI=1S/C18H19N3O5S/c1-2-24-18(23)21-6-5-12-15(10-21)27-17(19-12)20-16(22)11-3-4-13-14(9-11)26-8-7-25-13/h3-4,9H,2,5-8,10H2,1H3,(H,19,20,22). The van der Waals surface area contributed by atoms with E-state index in [4.69, 9.17) is 14.2 Å². The molecule has 0 fully saturated rings. The maximum absolute atomic E-state index is 12.5. The summed E-state index contributed by atoms with van der Waals surface area (Å²) in [6, 6.07) is 5.09. The topological polar surface area (TPSA) is 90.0 Å². The maximum atomic E-state index is 12.5. The summed E-state index contributed by atoms with van der Waals surface area (Å²) >= 11 is 1.38. The lowest BCUT2D eigenvalue weighted by Gasteiger charge is -2.24. The van der Waals surface area contributed by atoms with Gasteiger partial charge in [-0.25, -0.2) is 9.78 Å². The van der Waals surface area contributed by atoms with Gasteiger partial charge in [0, 0.05) is 23.4 Å². The number of nitrogens with one attached hydrogen (secondary N) is 1. The van der Waals surface area contributed by atoms with E-state index in [2.05, 4.69) is 10.3 Å². The van der Waals surface area contributed by atoms with Crippen molar-refractivity contribution in [1.29, 1.82) is 0 Å². The quantitative estimate of drug-likeness (QED) is 0.868. The molecule has 0 atom stereocenters. The van der Waals surface area contributed by atoms with E-state index in [9.17, 15) is 9.59 Å². The van der Waals surface area contributed by atoms with Crippen LogP contribution in [0.5, 0.6) is 11.5 Å². The number of rotatable bonds is 3. The number of fused-ring (bicyclic) bond motifs is 2. The molecule has 2 aliphatic rings. The molecule has 2 aromatic rings. The number of hydrogen-bond donors (Lipinski definition) is 1. The van der Waals surface area contributed by atoms with Crippen molar-refractivity contribution >= 4 is 28.5 Å². The van der Waals surface area contributed by atoms with Crippen LogP contribution in [0.3, 0.4) is 0 Å². The third kappa shape index (κ3) is 3.68. The number of benzene rings is 1. The van der Waals surface area contributed by atoms with Crippen molar-refractivity contribution in [1.82, 2.24) is 9.88 Å². The molecule has 9 heteroatoms. The molecule has 0 bridgehead atoms. The summed E-state index contributed by atoms with van der Waals surface area (Å²) in [6.45, 7) is 4.12. The van der Waals surface area contributed by atoms with Gasteiger partial charge in [0.05, 0.1) is 18.8 Å². The smallest absolute Gasteiger partial charge is 0.410 e. The van der Waals surface area contributed by atoms with Gasteiger partial charge in [0.1, 0.15) is 13.2 Å². The van der Waals surface area contributed by atoms with E-state index < -0.39 is 0 Å². The van der Waals surface area contributed by atoms with Crippen LogP contribution in [0.4, 0.5) is 9.93 Å². The number of hydrogen-bond acceptors (Lipinski definition) is 7. The molecule has 1 N–H and O–H groups in total. The molecular weight excluding hydrogens is 370 g/mol. The van der Waals surface area contributed by atoms with Crippen molar-refractivity contribution in [3.05, 3.63) is 34.3 Å². The third-order valence-electron chi connectivity index (χ3n) is 4.28. The third-order valence-corrected chi connectivity index (χ3v) is 5.28. The van der Waals surface area contributed by atoms with Gasteiger partial charge in [0.15, 0.2) is 16.6 Å². The lowest BCUT2D eigenvalue weighted by molar-refractivity contribution is 0.102. The number of thiazole rings is 1. The molecule has 0 aliphatic carbocycles. The summed E-state index contributed by atoms with van der Waals surface area (Å²) < 4.78 is 16.0. The highest BCUT2D eigenvalue weighted by molar-refractivity contribution is 7.15. The molecule has 142 valence electrons. The summed E-state index contributed by atoms with van der Waals surface area (Å²) in [5.41, 5.74) is 1.39. The van der Waals surface area contributed by atoms with Gasteiger partial charge >= 0.3 is 6.09 Å². The fourth-order valence-corrected chi connectivity index (χ4v) is 3.99. The average molecular weight is 389 g/mol. The predicted molar refractivity (Wildman–Crippen MR) is 98.6 cm³/mol. The van der Waals surface area contributed by atoms with Crippen LogP contribution < -0.4 is 14.8 Å². The molecule has 1 aromatic heterocycles. The van der Waals surface area contributed by atoms with Crippen molar-refractivity contribution in [2.75, 3.05) is 31.7 Å². The molecule has 27 heavy (non-hydrogen) atoms. The second-order valence-electron chi connectivity index (χ2n) is 6.07. The Morgan fingerprint density at radius 2 is 2.11 bits per heavy atom. The minimum Gasteiger partial charge on any atom is -0.486 e. The van der Waals surface area contributed by atoms with Crippen molar-refractivity contribution in [3.8, 4) is 11.5 Å². The van der Waals surface area contributed by atoms with Gasteiger partial charge in [0.25, 0.3) is 5.91 Å². The molecule has 0 spiro atoms. The van der Waals surface area contributed by atoms with Gasteiger partial charge in [-0.1, -0.05) is 11.3 Å². The second-order valence-corrected chi connectivity index (χ2v) is 7.16. The van der Waals surface area contributed by atoms with E-state index in [1.165, 1.54) is 11.3 Å². The largest absolute Gasteiger partial charge is 0.486 e. The Balaban J connectivity index is 1.45. The number of nitrogens with zero attached hydrogens (tertiary/aromatic N) is 2. The van der Waals surface area contributed by atoms with Crippen molar-refractivity contribution < 1.29 is 23.8 Å². The van der Waals surface area contributed by atoms with Gasteiger partial charge in [-0.2, -0.15) is 0 Å². The second kappa shape index (κ2) is 7.43. The zero-order chi connectivity index (χ0) is 18.8. The normalized spacial score (nSPS) is 15.1. The first-order chi connectivity index (χ1) is 13.1. The Hall–Kier alpha value is -2.81. The van der Waals surface area contributed by atoms with Crippen LogP contribution in [-0.4, -0.2) is 48.2 Å². The van der Waals surface area contributed by atoms with Gasteiger partial charge in [-0.3, -0.25) is 10.1 Å². The van der Waals surface area contributed by atoms with E-state index in [1.807, 2.05) is 0 Å². The Labute approximate surface area is 160 Å². The van der Waals surface area contributed by atoms with Crippen molar-refractivity contribution in [2.24, 2.45) is 0 Å². The van der Waals surface area contributed by atoms with E-state index in [0.717, 1.165) is 10.6 Å². The predicted octanol–water partition coefficient (Wildman–Crippen LogP) is 2.68. The number of carbonyl (C=O) groups excluding carboxylic acids is 2. The van der Waals surface area contributed by atoms with Crippen LogP contribution in [0.1, 0.15) is 27.9 Å². The Morgan fingerprint density at radius 3 is 2.93 bits per heavy atom. The van der Waals surface area contributed by atoms with Gasteiger partial charge in [0.2, 0.25) is 0 Å². The Morgan fingerprint density at radius 1 is 1.30 bits per heavy atom. The molecule has 0 unspecified atom stereocenters. The first-order valence-corrected chi connectivity index (χ1v) is 9.57. The zero-order valence-electron chi connectivity index (χ0n) is 14.8. The number of carbonyl (C=O) groups is 2. The first-order valence-electron chi connectivity index (χ1n) is 8.75. The highest BCUT2D eigenvalue weighted by Gasteiger charge is 2.25. The average Bonchev–Trinajstić information content (AvgIpc) is 3.09. The molecule has 0 radical (unpaired) electrons. The lowest BCUT2D eigenvalue weighted by Crippen LogP contribution is -2.35. The van der Waals surface area contributed by atoms with Crippen LogP contribution in [0.2, 0.25) is 0 Å². The Bertz CT molecular complexity index is 882. The van der Waals surface area contributed by atoms with Crippen LogP contribution in [0.25, 0.3) is 0 Å². The van der Waals surface area contributed by atoms with Crippen LogP contribution in [0, 0.1) is 0 Å². The van der Waals surface area contributed by atoms with Gasteiger partial charge in [-0.15, -0.1) is 0 Å². The summed E-state index contributed by atoms with van der Waals surface area (Å²) in [5, 5.41) is 3.35.